The highest BCUT2D eigenvalue weighted by atomic mass is 16.3. The van der Waals surface area contributed by atoms with Gasteiger partial charge in [-0.05, 0) is 24.8 Å². The van der Waals surface area contributed by atoms with Crippen molar-refractivity contribution < 1.29 is 5.11 Å². The van der Waals surface area contributed by atoms with Gasteiger partial charge in [-0.25, -0.2) is 0 Å². The Bertz CT molecular complexity index is 622. The number of fused-ring (bicyclic) bond motifs is 1. The predicted octanol–water partition coefficient (Wildman–Crippen LogP) is 3.42. The number of rotatable bonds is 3. The molecular formula is C18H24N2O. The molecule has 2 aromatic rings. The molecule has 1 saturated carbocycles. The van der Waals surface area contributed by atoms with Gasteiger partial charge in [0.15, 0.2) is 0 Å². The Morgan fingerprint density at radius 2 is 2.19 bits per heavy atom. The number of aliphatic hydroxyl groups is 1. The van der Waals surface area contributed by atoms with Crippen LogP contribution in [0.4, 0.5) is 0 Å². The van der Waals surface area contributed by atoms with E-state index in [1.807, 2.05) is 30.3 Å². The van der Waals surface area contributed by atoms with Crippen LogP contribution in [0.1, 0.15) is 44.3 Å². The molecule has 3 unspecified atom stereocenters. The maximum atomic E-state index is 11.1. The van der Waals surface area contributed by atoms with Gasteiger partial charge in [-0.15, -0.1) is 0 Å². The van der Waals surface area contributed by atoms with Gasteiger partial charge in [-0.1, -0.05) is 44.0 Å². The van der Waals surface area contributed by atoms with Crippen LogP contribution in [0.2, 0.25) is 0 Å². The highest BCUT2D eigenvalue weighted by Crippen LogP contribution is 2.48. The molecule has 1 aliphatic carbocycles. The molecule has 1 aliphatic rings. The van der Waals surface area contributed by atoms with Crippen molar-refractivity contribution >= 4 is 10.9 Å². The van der Waals surface area contributed by atoms with E-state index in [0.29, 0.717) is 12.5 Å². The standard InChI is InChI=1S/C18H24N2O/c1-13-5-3-9-18(11-13,12-19)17(21)15-8-2-6-14-7-4-10-20-16(14)15/h2,4,6-8,10,13,17,21H,3,5,9,11-12,19H2,1H3. The zero-order valence-corrected chi connectivity index (χ0v) is 12.6. The third-order valence-corrected chi connectivity index (χ3v) is 5.07. The van der Waals surface area contributed by atoms with Crippen LogP contribution in [-0.2, 0) is 0 Å². The average Bonchev–Trinajstić information content (AvgIpc) is 2.53. The first-order valence-electron chi connectivity index (χ1n) is 7.88. The van der Waals surface area contributed by atoms with Crippen molar-refractivity contribution in [2.75, 3.05) is 6.54 Å². The van der Waals surface area contributed by atoms with Crippen molar-refractivity contribution in [3.63, 3.8) is 0 Å². The number of benzene rings is 1. The molecule has 1 aromatic carbocycles. The van der Waals surface area contributed by atoms with Crippen LogP contribution in [0.3, 0.4) is 0 Å². The second-order valence-corrected chi connectivity index (χ2v) is 6.59. The summed E-state index contributed by atoms with van der Waals surface area (Å²) in [5, 5.41) is 12.2. The van der Waals surface area contributed by atoms with E-state index in [2.05, 4.69) is 11.9 Å². The quantitative estimate of drug-likeness (QED) is 0.908. The molecule has 0 saturated heterocycles. The third kappa shape index (κ3) is 2.56. The summed E-state index contributed by atoms with van der Waals surface area (Å²) >= 11 is 0. The molecule has 112 valence electrons. The summed E-state index contributed by atoms with van der Waals surface area (Å²) in [7, 11) is 0. The van der Waals surface area contributed by atoms with Crippen molar-refractivity contribution in [3.05, 3.63) is 42.1 Å². The number of pyridine rings is 1. The van der Waals surface area contributed by atoms with Crippen LogP contribution in [0.25, 0.3) is 10.9 Å². The largest absolute Gasteiger partial charge is 0.388 e. The van der Waals surface area contributed by atoms with E-state index in [9.17, 15) is 5.11 Å². The normalized spacial score (nSPS) is 27.7. The molecule has 1 heterocycles. The second-order valence-electron chi connectivity index (χ2n) is 6.59. The van der Waals surface area contributed by atoms with Crippen LogP contribution in [0.5, 0.6) is 0 Å². The van der Waals surface area contributed by atoms with Crippen LogP contribution in [-0.4, -0.2) is 16.6 Å². The predicted molar refractivity (Wildman–Crippen MR) is 85.8 cm³/mol. The minimum absolute atomic E-state index is 0.205. The fraction of sp³-hybridized carbons (Fsp3) is 0.500. The number of aromatic nitrogens is 1. The SMILES string of the molecule is CC1CCCC(CN)(C(O)c2cccc3cccnc23)C1. The number of nitrogens with zero attached hydrogens (tertiary/aromatic N) is 1. The Morgan fingerprint density at radius 1 is 1.38 bits per heavy atom. The fourth-order valence-electron chi connectivity index (χ4n) is 3.92. The first-order valence-corrected chi connectivity index (χ1v) is 7.88. The summed E-state index contributed by atoms with van der Waals surface area (Å²) in [5.74, 6) is 0.625. The lowest BCUT2D eigenvalue weighted by molar-refractivity contribution is -0.0122. The lowest BCUT2D eigenvalue weighted by Gasteiger charge is -2.43. The number of hydrogen-bond acceptors (Lipinski definition) is 3. The number of nitrogens with two attached hydrogens (primary N) is 1. The van der Waals surface area contributed by atoms with Gasteiger partial charge in [-0.2, -0.15) is 0 Å². The van der Waals surface area contributed by atoms with E-state index >= 15 is 0 Å². The number of aliphatic hydroxyl groups excluding tert-OH is 1. The molecule has 21 heavy (non-hydrogen) atoms. The Hall–Kier alpha value is -1.45. The van der Waals surface area contributed by atoms with Crippen molar-refractivity contribution in [2.24, 2.45) is 17.1 Å². The Kier molecular flexibility index (Phi) is 3.96. The second kappa shape index (κ2) is 5.74. The highest BCUT2D eigenvalue weighted by Gasteiger charge is 2.41. The van der Waals surface area contributed by atoms with Crippen molar-refractivity contribution in [2.45, 2.75) is 38.7 Å². The van der Waals surface area contributed by atoms with E-state index in [0.717, 1.165) is 35.7 Å². The summed E-state index contributed by atoms with van der Waals surface area (Å²) < 4.78 is 0. The molecule has 0 amide bonds. The fourth-order valence-corrected chi connectivity index (χ4v) is 3.92. The highest BCUT2D eigenvalue weighted by molar-refractivity contribution is 5.81. The van der Waals surface area contributed by atoms with E-state index in [4.69, 9.17) is 5.73 Å². The lowest BCUT2D eigenvalue weighted by atomic mass is 9.65. The Balaban J connectivity index is 2.04. The number of para-hydroxylation sites is 1. The molecule has 0 bridgehead atoms. The first-order chi connectivity index (χ1) is 10.2. The van der Waals surface area contributed by atoms with Gasteiger partial charge < -0.3 is 10.8 Å². The minimum atomic E-state index is -0.538. The van der Waals surface area contributed by atoms with E-state index < -0.39 is 6.10 Å². The molecule has 1 fully saturated rings. The molecule has 0 radical (unpaired) electrons. The molecule has 1 aromatic heterocycles. The smallest absolute Gasteiger partial charge is 0.0879 e. The van der Waals surface area contributed by atoms with Gasteiger partial charge in [0, 0.05) is 29.1 Å². The third-order valence-electron chi connectivity index (χ3n) is 5.07. The Labute approximate surface area is 126 Å². The molecule has 3 heteroatoms. The van der Waals surface area contributed by atoms with Crippen LogP contribution in [0, 0.1) is 11.3 Å². The van der Waals surface area contributed by atoms with Crippen molar-refractivity contribution in [3.8, 4) is 0 Å². The van der Waals surface area contributed by atoms with Gasteiger partial charge in [0.1, 0.15) is 0 Å². The zero-order chi connectivity index (χ0) is 14.9. The Morgan fingerprint density at radius 3 is 2.95 bits per heavy atom. The van der Waals surface area contributed by atoms with Gasteiger partial charge in [0.05, 0.1) is 11.6 Å². The van der Waals surface area contributed by atoms with E-state index in [-0.39, 0.29) is 5.41 Å². The van der Waals surface area contributed by atoms with Gasteiger partial charge in [-0.3, -0.25) is 4.98 Å². The molecule has 0 spiro atoms. The van der Waals surface area contributed by atoms with Crippen LogP contribution >= 0.6 is 0 Å². The average molecular weight is 284 g/mol. The maximum absolute atomic E-state index is 11.1. The van der Waals surface area contributed by atoms with Gasteiger partial charge in [0.25, 0.3) is 0 Å². The summed E-state index contributed by atoms with van der Waals surface area (Å²) in [6.45, 7) is 2.79. The first kappa shape index (κ1) is 14.5. The maximum Gasteiger partial charge on any atom is 0.0879 e. The van der Waals surface area contributed by atoms with Gasteiger partial charge in [0.2, 0.25) is 0 Å². The lowest BCUT2D eigenvalue weighted by Crippen LogP contribution is -2.40. The molecule has 3 N–H and O–H groups in total. The minimum Gasteiger partial charge on any atom is -0.388 e. The van der Waals surface area contributed by atoms with Crippen molar-refractivity contribution in [1.29, 1.82) is 0 Å². The van der Waals surface area contributed by atoms with Crippen molar-refractivity contribution in [1.82, 2.24) is 4.98 Å². The van der Waals surface area contributed by atoms with Crippen LogP contribution < -0.4 is 5.73 Å². The summed E-state index contributed by atoms with van der Waals surface area (Å²) in [5.41, 5.74) is 7.72. The topological polar surface area (TPSA) is 59.1 Å². The molecule has 3 nitrogen and oxygen atoms in total. The van der Waals surface area contributed by atoms with E-state index in [1.165, 1.54) is 6.42 Å². The zero-order valence-electron chi connectivity index (χ0n) is 12.6. The molecular weight excluding hydrogens is 260 g/mol. The molecule has 0 aliphatic heterocycles. The molecule has 3 atom stereocenters. The summed E-state index contributed by atoms with van der Waals surface area (Å²) in [4.78, 5) is 4.48. The molecule has 3 rings (SSSR count). The monoisotopic (exact) mass is 284 g/mol. The van der Waals surface area contributed by atoms with E-state index in [1.54, 1.807) is 6.20 Å². The van der Waals surface area contributed by atoms with Gasteiger partial charge >= 0.3 is 0 Å². The number of hydrogen-bond donors (Lipinski definition) is 2. The summed E-state index contributed by atoms with van der Waals surface area (Å²) in [6, 6.07) is 10.0. The van der Waals surface area contributed by atoms with Crippen LogP contribution in [0.15, 0.2) is 36.5 Å². The summed E-state index contributed by atoms with van der Waals surface area (Å²) in [6.07, 6.45) is 5.63.